The molecule has 0 saturated carbocycles. The van der Waals surface area contributed by atoms with Crippen molar-refractivity contribution >= 4 is 28.8 Å². The van der Waals surface area contributed by atoms with Gasteiger partial charge in [-0.25, -0.2) is 4.98 Å². The zero-order chi connectivity index (χ0) is 17.3. The monoisotopic (exact) mass is 344 g/mol. The predicted octanol–water partition coefficient (Wildman–Crippen LogP) is 3.13. The van der Waals surface area contributed by atoms with Crippen LogP contribution in [-0.2, 0) is 6.54 Å². The van der Waals surface area contributed by atoms with Gasteiger partial charge in [0.2, 0.25) is 0 Å². The first-order chi connectivity index (χ1) is 11.5. The molecule has 0 radical (unpaired) electrons. The van der Waals surface area contributed by atoms with Crippen molar-refractivity contribution in [2.45, 2.75) is 13.5 Å². The second-order valence-corrected chi connectivity index (χ2v) is 5.67. The third kappa shape index (κ3) is 3.07. The van der Waals surface area contributed by atoms with Gasteiger partial charge in [0.15, 0.2) is 0 Å². The zero-order valence-electron chi connectivity index (χ0n) is 12.7. The van der Waals surface area contributed by atoms with Gasteiger partial charge >= 0.3 is 0 Å². The van der Waals surface area contributed by atoms with E-state index in [1.807, 2.05) is 0 Å². The number of imidazole rings is 1. The van der Waals surface area contributed by atoms with Crippen LogP contribution in [0.2, 0.25) is 5.02 Å². The molecule has 1 N–H and O–H groups in total. The average molecular weight is 345 g/mol. The Balaban J connectivity index is 1.77. The summed E-state index contributed by atoms with van der Waals surface area (Å²) in [6.07, 6.45) is 3.49. The van der Waals surface area contributed by atoms with Crippen molar-refractivity contribution in [3.8, 4) is 0 Å². The van der Waals surface area contributed by atoms with E-state index >= 15 is 0 Å². The Morgan fingerprint density at radius 3 is 2.88 bits per heavy atom. The van der Waals surface area contributed by atoms with Gasteiger partial charge in [-0.1, -0.05) is 17.7 Å². The van der Waals surface area contributed by atoms with Gasteiger partial charge in [-0.05, 0) is 25.1 Å². The highest BCUT2D eigenvalue weighted by Gasteiger charge is 2.17. The third-order valence-electron chi connectivity index (χ3n) is 3.64. The summed E-state index contributed by atoms with van der Waals surface area (Å²) in [4.78, 5) is 27.1. The number of benzene rings is 1. The van der Waals surface area contributed by atoms with Crippen LogP contribution >= 0.6 is 11.6 Å². The lowest BCUT2D eigenvalue weighted by molar-refractivity contribution is -0.385. The van der Waals surface area contributed by atoms with Gasteiger partial charge in [0.1, 0.15) is 5.65 Å². The molecule has 0 unspecified atom stereocenters. The maximum Gasteiger partial charge on any atom is 0.273 e. The van der Waals surface area contributed by atoms with Crippen molar-refractivity contribution in [3.05, 3.63) is 74.7 Å². The Morgan fingerprint density at radius 2 is 2.12 bits per heavy atom. The predicted molar refractivity (Wildman–Crippen MR) is 89.2 cm³/mol. The van der Waals surface area contributed by atoms with E-state index in [0.717, 1.165) is 5.65 Å². The number of nitrogens with one attached hydrogen (secondary N) is 1. The molecular formula is C16H13ClN4O3. The molecule has 0 aliphatic rings. The SMILES string of the molecule is Cc1c(C(=O)NCc2cn3cc(Cl)ccc3n2)cccc1[N+](=O)[O-]. The highest BCUT2D eigenvalue weighted by molar-refractivity contribution is 6.30. The quantitative estimate of drug-likeness (QED) is 0.581. The lowest BCUT2D eigenvalue weighted by Crippen LogP contribution is -2.24. The molecule has 0 aliphatic heterocycles. The fourth-order valence-electron chi connectivity index (χ4n) is 2.44. The molecule has 24 heavy (non-hydrogen) atoms. The van der Waals surface area contributed by atoms with Crippen molar-refractivity contribution in [3.63, 3.8) is 0 Å². The summed E-state index contributed by atoms with van der Waals surface area (Å²) in [5.41, 5.74) is 1.91. The number of rotatable bonds is 4. The van der Waals surface area contributed by atoms with Crippen LogP contribution in [-0.4, -0.2) is 20.2 Å². The van der Waals surface area contributed by atoms with Crippen LogP contribution < -0.4 is 5.32 Å². The van der Waals surface area contributed by atoms with Crippen LogP contribution in [0.15, 0.2) is 42.7 Å². The first-order valence-corrected chi connectivity index (χ1v) is 7.49. The molecule has 3 aromatic rings. The second kappa shape index (κ2) is 6.29. The summed E-state index contributed by atoms with van der Waals surface area (Å²) in [6.45, 7) is 1.76. The van der Waals surface area contributed by atoms with Gasteiger partial charge in [-0.3, -0.25) is 14.9 Å². The number of nitro groups is 1. The fraction of sp³-hybridized carbons (Fsp3) is 0.125. The van der Waals surface area contributed by atoms with E-state index in [1.165, 1.54) is 12.1 Å². The van der Waals surface area contributed by atoms with Crippen molar-refractivity contribution in [2.75, 3.05) is 0 Å². The average Bonchev–Trinajstić information content (AvgIpc) is 2.94. The Hall–Kier alpha value is -2.93. The van der Waals surface area contributed by atoms with E-state index in [4.69, 9.17) is 11.6 Å². The summed E-state index contributed by atoms with van der Waals surface area (Å²) in [7, 11) is 0. The summed E-state index contributed by atoms with van der Waals surface area (Å²) in [6, 6.07) is 7.93. The van der Waals surface area contributed by atoms with E-state index in [0.29, 0.717) is 16.3 Å². The molecule has 7 nitrogen and oxygen atoms in total. The first-order valence-electron chi connectivity index (χ1n) is 7.11. The molecule has 2 heterocycles. The van der Waals surface area contributed by atoms with Gasteiger partial charge in [-0.2, -0.15) is 0 Å². The minimum Gasteiger partial charge on any atom is -0.346 e. The molecule has 122 valence electrons. The molecular weight excluding hydrogens is 332 g/mol. The van der Waals surface area contributed by atoms with Crippen molar-refractivity contribution < 1.29 is 9.72 Å². The van der Waals surface area contributed by atoms with Gasteiger partial charge in [0, 0.05) is 29.6 Å². The van der Waals surface area contributed by atoms with Crippen LogP contribution in [0.3, 0.4) is 0 Å². The smallest absolute Gasteiger partial charge is 0.273 e. The highest BCUT2D eigenvalue weighted by atomic mass is 35.5. The van der Waals surface area contributed by atoms with E-state index in [1.54, 1.807) is 41.9 Å². The number of nitro benzene ring substituents is 1. The molecule has 1 amide bonds. The summed E-state index contributed by atoms with van der Waals surface area (Å²) < 4.78 is 1.77. The Bertz CT molecular complexity index is 952. The number of carbonyl (C=O) groups excluding carboxylic acids is 1. The molecule has 3 rings (SSSR count). The molecule has 1 aromatic carbocycles. The number of aromatic nitrogens is 2. The van der Waals surface area contributed by atoms with Crippen LogP contribution in [0, 0.1) is 17.0 Å². The van der Waals surface area contributed by atoms with Crippen molar-refractivity contribution in [1.29, 1.82) is 0 Å². The van der Waals surface area contributed by atoms with Crippen molar-refractivity contribution in [2.24, 2.45) is 0 Å². The number of nitrogens with zero attached hydrogens (tertiary/aromatic N) is 3. The minimum atomic E-state index is -0.502. The molecule has 0 spiro atoms. The molecule has 8 heteroatoms. The third-order valence-corrected chi connectivity index (χ3v) is 3.87. The molecule has 0 bridgehead atoms. The molecule has 0 saturated heterocycles. The Kier molecular flexibility index (Phi) is 4.18. The maximum absolute atomic E-state index is 12.3. The van der Waals surface area contributed by atoms with E-state index in [9.17, 15) is 14.9 Å². The van der Waals surface area contributed by atoms with E-state index < -0.39 is 4.92 Å². The summed E-state index contributed by atoms with van der Waals surface area (Å²) in [5, 5.41) is 14.3. The van der Waals surface area contributed by atoms with Crippen LogP contribution in [0.4, 0.5) is 5.69 Å². The number of fused-ring (bicyclic) bond motifs is 1. The zero-order valence-corrected chi connectivity index (χ0v) is 13.4. The number of amides is 1. The molecule has 0 aliphatic carbocycles. The molecule has 2 aromatic heterocycles. The topological polar surface area (TPSA) is 89.5 Å². The summed E-state index contributed by atoms with van der Waals surface area (Å²) in [5.74, 6) is -0.383. The van der Waals surface area contributed by atoms with E-state index in [2.05, 4.69) is 10.3 Å². The second-order valence-electron chi connectivity index (χ2n) is 5.23. The van der Waals surface area contributed by atoms with Crippen LogP contribution in [0.5, 0.6) is 0 Å². The number of carbonyl (C=O) groups is 1. The number of halogens is 1. The first kappa shape index (κ1) is 15.9. The maximum atomic E-state index is 12.3. The van der Waals surface area contributed by atoms with Crippen molar-refractivity contribution in [1.82, 2.24) is 14.7 Å². The van der Waals surface area contributed by atoms with Gasteiger partial charge < -0.3 is 9.72 Å². The lowest BCUT2D eigenvalue weighted by Gasteiger charge is -2.06. The van der Waals surface area contributed by atoms with Crippen LogP contribution in [0.25, 0.3) is 5.65 Å². The highest BCUT2D eigenvalue weighted by Crippen LogP contribution is 2.21. The number of hydrogen-bond acceptors (Lipinski definition) is 4. The van der Waals surface area contributed by atoms with Gasteiger partial charge in [-0.15, -0.1) is 0 Å². The van der Waals surface area contributed by atoms with E-state index in [-0.39, 0.29) is 23.7 Å². The van der Waals surface area contributed by atoms with Gasteiger partial charge in [0.25, 0.3) is 11.6 Å². The van der Waals surface area contributed by atoms with Crippen LogP contribution in [0.1, 0.15) is 21.6 Å². The Labute approximate surface area is 142 Å². The fourth-order valence-corrected chi connectivity index (χ4v) is 2.60. The summed E-state index contributed by atoms with van der Waals surface area (Å²) >= 11 is 5.92. The lowest BCUT2D eigenvalue weighted by atomic mass is 10.1. The largest absolute Gasteiger partial charge is 0.346 e. The number of hydrogen-bond donors (Lipinski definition) is 1. The van der Waals surface area contributed by atoms with Gasteiger partial charge in [0.05, 0.1) is 22.2 Å². The number of pyridine rings is 1. The Morgan fingerprint density at radius 1 is 1.33 bits per heavy atom. The normalized spacial score (nSPS) is 10.8. The molecule has 0 atom stereocenters. The minimum absolute atomic E-state index is 0.0787. The standard InChI is InChI=1S/C16H13ClN4O3/c1-10-13(3-2-4-14(10)21(23)24)16(22)18-7-12-9-20-8-11(17)5-6-15(20)19-12/h2-6,8-9H,7H2,1H3,(H,18,22). The molecule has 0 fully saturated rings.